The zero-order valence-electron chi connectivity index (χ0n) is 10.9. The lowest BCUT2D eigenvalue weighted by Crippen LogP contribution is -1.80. The summed E-state index contributed by atoms with van der Waals surface area (Å²) in [5.74, 6) is 0. The Morgan fingerprint density at radius 2 is 1.72 bits per heavy atom. The number of hydrogen-bond donors (Lipinski definition) is 0. The van der Waals surface area contributed by atoms with Gasteiger partial charge in [0.05, 0.1) is 0 Å². The van der Waals surface area contributed by atoms with Gasteiger partial charge in [0.15, 0.2) is 0 Å². The van der Waals surface area contributed by atoms with Gasteiger partial charge in [-0.1, -0.05) is 62.1 Å². The van der Waals surface area contributed by atoms with Gasteiger partial charge in [-0.05, 0) is 36.4 Å². The van der Waals surface area contributed by atoms with E-state index in [0.29, 0.717) is 0 Å². The van der Waals surface area contributed by atoms with Gasteiger partial charge in [0.2, 0.25) is 0 Å². The Kier molecular flexibility index (Phi) is 8.62. The Bertz CT molecular complexity index is 381. The maximum absolute atomic E-state index is 5.54. The molecule has 0 saturated heterocycles. The fourth-order valence-corrected chi connectivity index (χ4v) is 2.49. The van der Waals surface area contributed by atoms with Gasteiger partial charge in [0, 0.05) is 9.90 Å². The van der Waals surface area contributed by atoms with Crippen LogP contribution in [0.4, 0.5) is 0 Å². The van der Waals surface area contributed by atoms with Gasteiger partial charge in [0.1, 0.15) is 0 Å². The first-order chi connectivity index (χ1) is 8.83. The summed E-state index contributed by atoms with van der Waals surface area (Å²) in [5.41, 5.74) is 0. The van der Waals surface area contributed by atoms with Crippen molar-refractivity contribution in [3.8, 4) is 0 Å². The van der Waals surface area contributed by atoms with E-state index >= 15 is 0 Å². The monoisotopic (exact) mass is 280 g/mol. The zero-order valence-corrected chi connectivity index (χ0v) is 12.5. The number of halogens is 1. The molecule has 0 nitrogen and oxygen atoms in total. The van der Waals surface area contributed by atoms with Crippen LogP contribution in [0.25, 0.3) is 0 Å². The highest BCUT2D eigenvalue weighted by molar-refractivity contribution is 7.09. The smallest absolute Gasteiger partial charge is 0.0405 e. The number of hydrogen-bond acceptors (Lipinski definition) is 1. The molecule has 0 aliphatic carbocycles. The second-order valence-corrected chi connectivity index (χ2v) is 5.65. The van der Waals surface area contributed by atoms with E-state index in [4.69, 9.17) is 11.6 Å². The van der Waals surface area contributed by atoms with Crippen molar-refractivity contribution in [1.82, 2.24) is 0 Å². The van der Waals surface area contributed by atoms with Crippen molar-refractivity contribution < 1.29 is 0 Å². The molecule has 0 saturated carbocycles. The van der Waals surface area contributed by atoms with Crippen molar-refractivity contribution in [3.05, 3.63) is 57.7 Å². The topological polar surface area (TPSA) is 0 Å². The lowest BCUT2D eigenvalue weighted by atomic mass is 10.1. The molecule has 0 fully saturated rings. The van der Waals surface area contributed by atoms with Crippen molar-refractivity contribution in [1.29, 1.82) is 0 Å². The van der Waals surface area contributed by atoms with Crippen LogP contribution in [0.5, 0.6) is 0 Å². The van der Waals surface area contributed by atoms with Crippen molar-refractivity contribution >= 4 is 22.9 Å². The molecule has 2 aromatic rings. The van der Waals surface area contributed by atoms with Crippen LogP contribution < -0.4 is 0 Å². The SMILES string of the molecule is CCCCCCc1cccs1.Clc1ccccc1. The van der Waals surface area contributed by atoms with Gasteiger partial charge in [-0.3, -0.25) is 0 Å². The molecule has 1 aromatic heterocycles. The number of thiophene rings is 1. The van der Waals surface area contributed by atoms with E-state index in [1.165, 1.54) is 32.1 Å². The van der Waals surface area contributed by atoms with Gasteiger partial charge in [-0.2, -0.15) is 0 Å². The highest BCUT2D eigenvalue weighted by Gasteiger charge is 1.92. The first kappa shape index (κ1) is 15.3. The third-order valence-corrected chi connectivity index (χ3v) is 3.78. The first-order valence-electron chi connectivity index (χ1n) is 6.56. The third kappa shape index (κ3) is 7.52. The van der Waals surface area contributed by atoms with Crippen LogP contribution in [0.3, 0.4) is 0 Å². The fraction of sp³-hybridized carbons (Fsp3) is 0.375. The number of rotatable bonds is 5. The normalized spacial score (nSPS) is 9.67. The van der Waals surface area contributed by atoms with Crippen molar-refractivity contribution in [2.45, 2.75) is 39.0 Å². The Morgan fingerprint density at radius 1 is 0.944 bits per heavy atom. The number of benzene rings is 1. The molecular formula is C16H21ClS. The Labute approximate surface area is 120 Å². The summed E-state index contributed by atoms with van der Waals surface area (Å²) in [4.78, 5) is 1.54. The first-order valence-corrected chi connectivity index (χ1v) is 7.81. The summed E-state index contributed by atoms with van der Waals surface area (Å²) in [7, 11) is 0. The largest absolute Gasteiger partial charge is 0.149 e. The van der Waals surface area contributed by atoms with Gasteiger partial charge < -0.3 is 0 Å². The molecule has 1 heterocycles. The third-order valence-electron chi connectivity index (χ3n) is 2.59. The standard InChI is InChI=1S/C10H16S.C6H5Cl/c1-2-3-4-5-7-10-8-6-9-11-10;7-6-4-2-1-3-5-6/h6,8-9H,2-5,7H2,1H3;1-5H. The summed E-state index contributed by atoms with van der Waals surface area (Å²) >= 11 is 7.42. The van der Waals surface area contributed by atoms with Crippen LogP contribution >= 0.6 is 22.9 Å². The average molecular weight is 281 g/mol. The summed E-state index contributed by atoms with van der Waals surface area (Å²) in [6.45, 7) is 2.26. The molecule has 98 valence electrons. The molecule has 1 aromatic carbocycles. The van der Waals surface area contributed by atoms with Crippen molar-refractivity contribution in [3.63, 3.8) is 0 Å². The second-order valence-electron chi connectivity index (χ2n) is 4.19. The summed E-state index contributed by atoms with van der Waals surface area (Å²) < 4.78 is 0. The highest BCUT2D eigenvalue weighted by atomic mass is 35.5. The molecule has 0 atom stereocenters. The minimum atomic E-state index is 0.794. The van der Waals surface area contributed by atoms with E-state index in [1.807, 2.05) is 41.7 Å². The molecule has 0 aliphatic rings. The molecule has 2 heteroatoms. The van der Waals surface area contributed by atoms with E-state index < -0.39 is 0 Å². The van der Waals surface area contributed by atoms with Gasteiger partial charge in [0.25, 0.3) is 0 Å². The molecule has 0 unspecified atom stereocenters. The van der Waals surface area contributed by atoms with Gasteiger partial charge in [-0.25, -0.2) is 0 Å². The minimum absolute atomic E-state index is 0.794. The van der Waals surface area contributed by atoms with Crippen molar-refractivity contribution in [2.75, 3.05) is 0 Å². The second kappa shape index (κ2) is 10.2. The lowest BCUT2D eigenvalue weighted by molar-refractivity contribution is 0.670. The van der Waals surface area contributed by atoms with Gasteiger partial charge >= 0.3 is 0 Å². The molecular weight excluding hydrogens is 260 g/mol. The number of aryl methyl sites for hydroxylation is 1. The summed E-state index contributed by atoms with van der Waals surface area (Å²) in [6.07, 6.45) is 6.79. The maximum Gasteiger partial charge on any atom is 0.0405 e. The van der Waals surface area contributed by atoms with E-state index in [-0.39, 0.29) is 0 Å². The van der Waals surface area contributed by atoms with Crippen LogP contribution in [-0.4, -0.2) is 0 Å². The predicted molar refractivity (Wildman–Crippen MR) is 83.6 cm³/mol. The Morgan fingerprint density at radius 3 is 2.22 bits per heavy atom. The van der Waals surface area contributed by atoms with Gasteiger partial charge in [-0.15, -0.1) is 11.3 Å². The molecule has 18 heavy (non-hydrogen) atoms. The molecule has 0 spiro atoms. The highest BCUT2D eigenvalue weighted by Crippen LogP contribution is 2.12. The zero-order chi connectivity index (χ0) is 13.1. The maximum atomic E-state index is 5.54. The molecule has 0 N–H and O–H groups in total. The van der Waals surface area contributed by atoms with Crippen LogP contribution in [0.2, 0.25) is 5.02 Å². The quantitative estimate of drug-likeness (QED) is 0.571. The minimum Gasteiger partial charge on any atom is -0.149 e. The molecule has 0 bridgehead atoms. The summed E-state index contributed by atoms with van der Waals surface area (Å²) in [6, 6.07) is 13.8. The molecule has 0 aliphatic heterocycles. The van der Waals surface area contributed by atoms with Crippen molar-refractivity contribution in [2.24, 2.45) is 0 Å². The predicted octanol–water partition coefficient (Wildman–Crippen LogP) is 6.21. The van der Waals surface area contributed by atoms with Crippen LogP contribution in [0, 0.1) is 0 Å². The van der Waals surface area contributed by atoms with E-state index in [1.54, 1.807) is 4.88 Å². The van der Waals surface area contributed by atoms with E-state index in [9.17, 15) is 0 Å². The summed E-state index contributed by atoms with van der Waals surface area (Å²) in [5, 5.41) is 2.96. The van der Waals surface area contributed by atoms with Crippen LogP contribution in [0.15, 0.2) is 47.8 Å². The number of unbranched alkanes of at least 4 members (excludes halogenated alkanes) is 3. The Balaban J connectivity index is 0.000000199. The van der Waals surface area contributed by atoms with E-state index in [0.717, 1.165) is 5.02 Å². The molecule has 2 rings (SSSR count). The molecule has 0 amide bonds. The van der Waals surface area contributed by atoms with E-state index in [2.05, 4.69) is 24.4 Å². The Hall–Kier alpha value is -0.790. The fourth-order valence-electron chi connectivity index (χ4n) is 1.60. The van der Waals surface area contributed by atoms with Crippen LogP contribution in [0.1, 0.15) is 37.5 Å². The van der Waals surface area contributed by atoms with Crippen LogP contribution in [-0.2, 0) is 6.42 Å². The molecule has 0 radical (unpaired) electrons. The average Bonchev–Trinajstić information content (AvgIpc) is 2.90. The lowest BCUT2D eigenvalue weighted by Gasteiger charge is -1.95.